The van der Waals surface area contributed by atoms with Gasteiger partial charge in [-0.3, -0.25) is 14.9 Å². The molecule has 0 aliphatic carbocycles. The van der Waals surface area contributed by atoms with Crippen molar-refractivity contribution in [2.45, 2.75) is 6.92 Å². The highest BCUT2D eigenvalue weighted by molar-refractivity contribution is 7.22. The average molecular weight is 326 g/mol. The van der Waals surface area contributed by atoms with E-state index in [2.05, 4.69) is 10.3 Å². The molecule has 0 spiro atoms. The van der Waals surface area contributed by atoms with Crippen molar-refractivity contribution in [2.75, 3.05) is 12.4 Å². The summed E-state index contributed by atoms with van der Waals surface area (Å²) in [5.74, 6) is 0.460. The predicted octanol–water partition coefficient (Wildman–Crippen LogP) is 3.76. The van der Waals surface area contributed by atoms with Crippen molar-refractivity contribution in [1.82, 2.24) is 4.98 Å². The molecule has 1 N–H and O–H groups in total. The van der Waals surface area contributed by atoms with Crippen LogP contribution in [0.3, 0.4) is 0 Å². The minimum absolute atomic E-state index is 0.0305. The number of carbonyl (C=O) groups is 2. The Balaban J connectivity index is 1.80. The molecule has 0 aliphatic heterocycles. The van der Waals surface area contributed by atoms with Crippen LogP contribution in [-0.2, 0) is 0 Å². The van der Waals surface area contributed by atoms with E-state index in [0.29, 0.717) is 16.3 Å². The molecule has 1 heterocycles. The number of anilines is 1. The predicted molar refractivity (Wildman–Crippen MR) is 90.6 cm³/mol. The van der Waals surface area contributed by atoms with Crippen LogP contribution in [0.5, 0.6) is 5.75 Å². The number of Topliss-reactive ketones (excluding diaryl/α,β-unsaturated/α-hetero) is 1. The lowest BCUT2D eigenvalue weighted by Gasteiger charge is -2.02. The summed E-state index contributed by atoms with van der Waals surface area (Å²) in [5.41, 5.74) is 1.86. The molecular weight excluding hydrogens is 312 g/mol. The fourth-order valence-electron chi connectivity index (χ4n) is 2.11. The second-order valence-electron chi connectivity index (χ2n) is 4.94. The maximum atomic E-state index is 12.2. The van der Waals surface area contributed by atoms with E-state index in [4.69, 9.17) is 4.74 Å². The van der Waals surface area contributed by atoms with Crippen LogP contribution in [0.25, 0.3) is 10.2 Å². The van der Waals surface area contributed by atoms with Gasteiger partial charge in [-0.05, 0) is 37.3 Å². The fraction of sp³-hybridized carbons (Fsp3) is 0.118. The van der Waals surface area contributed by atoms with Crippen molar-refractivity contribution >= 4 is 38.4 Å². The first kappa shape index (κ1) is 15.2. The Morgan fingerprint density at radius 1 is 1.09 bits per heavy atom. The highest BCUT2D eigenvalue weighted by Gasteiger charge is 2.11. The largest absolute Gasteiger partial charge is 0.497 e. The molecule has 1 amide bonds. The molecule has 5 nitrogen and oxygen atoms in total. The zero-order valence-corrected chi connectivity index (χ0v) is 13.4. The summed E-state index contributed by atoms with van der Waals surface area (Å²) in [4.78, 5) is 27.9. The first-order chi connectivity index (χ1) is 11.1. The number of ketones is 1. The average Bonchev–Trinajstić information content (AvgIpc) is 2.95. The summed E-state index contributed by atoms with van der Waals surface area (Å²) in [6.07, 6.45) is 0. The maximum absolute atomic E-state index is 12.2. The van der Waals surface area contributed by atoms with Crippen LogP contribution in [-0.4, -0.2) is 23.8 Å². The number of carbonyl (C=O) groups excluding carboxylic acids is 2. The summed E-state index contributed by atoms with van der Waals surface area (Å²) >= 11 is 1.38. The van der Waals surface area contributed by atoms with E-state index in [0.717, 1.165) is 16.0 Å². The molecule has 0 unspecified atom stereocenters. The number of aromatic nitrogens is 1. The second kappa shape index (κ2) is 6.18. The smallest absolute Gasteiger partial charge is 0.257 e. The molecule has 0 fully saturated rings. The Morgan fingerprint density at radius 3 is 2.43 bits per heavy atom. The van der Waals surface area contributed by atoms with E-state index in [1.54, 1.807) is 31.4 Å². The van der Waals surface area contributed by atoms with E-state index >= 15 is 0 Å². The molecule has 23 heavy (non-hydrogen) atoms. The molecule has 3 aromatic rings. The molecular formula is C17H14N2O3S. The number of methoxy groups -OCH3 is 1. The first-order valence-electron chi connectivity index (χ1n) is 6.94. The number of benzene rings is 2. The topological polar surface area (TPSA) is 68.3 Å². The SMILES string of the molecule is COc1ccc2nc(NC(=O)c3ccc(C(C)=O)cc3)sc2c1. The monoisotopic (exact) mass is 326 g/mol. The third-order valence-corrected chi connectivity index (χ3v) is 4.30. The lowest BCUT2D eigenvalue weighted by molar-refractivity contribution is 0.101. The summed E-state index contributed by atoms with van der Waals surface area (Å²) in [5, 5.41) is 3.30. The highest BCUT2D eigenvalue weighted by Crippen LogP contribution is 2.29. The molecule has 0 saturated carbocycles. The van der Waals surface area contributed by atoms with Gasteiger partial charge in [0, 0.05) is 11.1 Å². The molecule has 6 heteroatoms. The summed E-state index contributed by atoms with van der Waals surface area (Å²) < 4.78 is 6.11. The van der Waals surface area contributed by atoms with Gasteiger partial charge in [-0.15, -0.1) is 0 Å². The summed E-state index contributed by atoms with van der Waals surface area (Å²) in [6.45, 7) is 1.49. The molecule has 0 atom stereocenters. The summed E-state index contributed by atoms with van der Waals surface area (Å²) in [7, 11) is 1.61. The Labute approximate surface area is 136 Å². The number of rotatable bonds is 4. The number of nitrogens with zero attached hydrogens (tertiary/aromatic N) is 1. The van der Waals surface area contributed by atoms with E-state index in [-0.39, 0.29) is 11.7 Å². The van der Waals surface area contributed by atoms with Crippen molar-refractivity contribution in [1.29, 1.82) is 0 Å². The minimum atomic E-state index is -0.258. The van der Waals surface area contributed by atoms with Gasteiger partial charge in [0.15, 0.2) is 10.9 Å². The van der Waals surface area contributed by atoms with Crippen LogP contribution in [0.15, 0.2) is 42.5 Å². The number of nitrogens with one attached hydrogen (secondary N) is 1. The Kier molecular flexibility index (Phi) is 4.08. The van der Waals surface area contributed by atoms with Gasteiger partial charge in [0.25, 0.3) is 5.91 Å². The van der Waals surface area contributed by atoms with Crippen LogP contribution >= 0.6 is 11.3 Å². The van der Waals surface area contributed by atoms with Crippen LogP contribution in [0.2, 0.25) is 0 Å². The van der Waals surface area contributed by atoms with Gasteiger partial charge in [-0.1, -0.05) is 23.5 Å². The van der Waals surface area contributed by atoms with Crippen molar-refractivity contribution in [3.63, 3.8) is 0 Å². The van der Waals surface area contributed by atoms with Crippen molar-refractivity contribution in [2.24, 2.45) is 0 Å². The number of amides is 1. The molecule has 2 aromatic carbocycles. The Hall–Kier alpha value is -2.73. The van der Waals surface area contributed by atoms with E-state index in [1.165, 1.54) is 18.3 Å². The molecule has 0 saturated heterocycles. The standard InChI is InChI=1S/C17H14N2O3S/c1-10(20)11-3-5-12(6-4-11)16(21)19-17-18-14-8-7-13(22-2)9-15(14)23-17/h3-9H,1-2H3,(H,18,19,21). The molecule has 0 radical (unpaired) electrons. The Bertz CT molecular complexity index is 884. The number of ether oxygens (including phenoxy) is 1. The van der Waals surface area contributed by atoms with Gasteiger partial charge in [-0.2, -0.15) is 0 Å². The molecule has 1 aromatic heterocycles. The zero-order chi connectivity index (χ0) is 16.4. The number of thiazole rings is 1. The normalized spacial score (nSPS) is 10.5. The second-order valence-corrected chi connectivity index (χ2v) is 5.97. The molecule has 0 bridgehead atoms. The van der Waals surface area contributed by atoms with E-state index < -0.39 is 0 Å². The van der Waals surface area contributed by atoms with Gasteiger partial charge in [0.1, 0.15) is 5.75 Å². The molecule has 3 rings (SSSR count). The van der Waals surface area contributed by atoms with Crippen molar-refractivity contribution in [3.05, 3.63) is 53.6 Å². The van der Waals surface area contributed by atoms with Crippen molar-refractivity contribution < 1.29 is 14.3 Å². The van der Waals surface area contributed by atoms with Gasteiger partial charge >= 0.3 is 0 Å². The number of hydrogen-bond acceptors (Lipinski definition) is 5. The zero-order valence-electron chi connectivity index (χ0n) is 12.6. The van der Waals surface area contributed by atoms with Gasteiger partial charge in [0.2, 0.25) is 0 Å². The van der Waals surface area contributed by atoms with Crippen LogP contribution in [0.1, 0.15) is 27.6 Å². The Morgan fingerprint density at radius 2 is 1.78 bits per heavy atom. The first-order valence-corrected chi connectivity index (χ1v) is 7.75. The molecule has 0 aliphatic rings. The lowest BCUT2D eigenvalue weighted by atomic mass is 10.1. The number of hydrogen-bond donors (Lipinski definition) is 1. The van der Waals surface area contributed by atoms with Gasteiger partial charge in [-0.25, -0.2) is 4.98 Å². The molecule has 116 valence electrons. The highest BCUT2D eigenvalue weighted by atomic mass is 32.1. The third kappa shape index (κ3) is 3.22. The van der Waals surface area contributed by atoms with Crippen molar-refractivity contribution in [3.8, 4) is 5.75 Å². The minimum Gasteiger partial charge on any atom is -0.497 e. The van der Waals surface area contributed by atoms with Gasteiger partial charge < -0.3 is 4.74 Å². The summed E-state index contributed by atoms with van der Waals surface area (Å²) in [6, 6.07) is 12.1. The van der Waals surface area contributed by atoms with Crippen LogP contribution < -0.4 is 10.1 Å². The van der Waals surface area contributed by atoms with Crippen LogP contribution in [0, 0.1) is 0 Å². The quantitative estimate of drug-likeness (QED) is 0.741. The number of fused-ring (bicyclic) bond motifs is 1. The van der Waals surface area contributed by atoms with E-state index in [9.17, 15) is 9.59 Å². The van der Waals surface area contributed by atoms with Gasteiger partial charge in [0.05, 0.1) is 17.3 Å². The van der Waals surface area contributed by atoms with E-state index in [1.807, 2.05) is 18.2 Å². The third-order valence-electron chi connectivity index (χ3n) is 3.37. The lowest BCUT2D eigenvalue weighted by Crippen LogP contribution is -2.11. The maximum Gasteiger partial charge on any atom is 0.257 e. The van der Waals surface area contributed by atoms with Crippen LogP contribution in [0.4, 0.5) is 5.13 Å². The fourth-order valence-corrected chi connectivity index (χ4v) is 3.00.